The van der Waals surface area contributed by atoms with Crippen molar-refractivity contribution in [3.05, 3.63) is 11.6 Å². The molecule has 0 saturated carbocycles. The van der Waals surface area contributed by atoms with Gasteiger partial charge in [0.2, 0.25) is 0 Å². The van der Waals surface area contributed by atoms with E-state index in [1.807, 2.05) is 6.08 Å². The Labute approximate surface area is 100 Å². The maximum atomic E-state index is 11.5. The molecule has 1 fully saturated rings. The van der Waals surface area contributed by atoms with Gasteiger partial charge in [-0.2, -0.15) is 5.11 Å². The summed E-state index contributed by atoms with van der Waals surface area (Å²) in [5, 5.41) is 7.39. The molecule has 0 spiro atoms. The van der Waals surface area contributed by atoms with Gasteiger partial charge in [0.25, 0.3) is 0 Å². The highest BCUT2D eigenvalue weighted by molar-refractivity contribution is 5.89. The lowest BCUT2D eigenvalue weighted by Crippen LogP contribution is -2.25. The van der Waals surface area contributed by atoms with E-state index in [1.54, 1.807) is 0 Å². The normalized spacial score (nSPS) is 35.6. The van der Waals surface area contributed by atoms with Gasteiger partial charge in [-0.1, -0.05) is 11.3 Å². The van der Waals surface area contributed by atoms with Gasteiger partial charge in [0, 0.05) is 24.1 Å². The first-order valence-electron chi connectivity index (χ1n) is 5.76. The van der Waals surface area contributed by atoms with Gasteiger partial charge in [-0.05, 0) is 13.8 Å². The number of carbonyl (C=O) groups is 1. The summed E-state index contributed by atoms with van der Waals surface area (Å²) in [5.41, 5.74) is 0.675. The average Bonchev–Trinajstić information content (AvgIpc) is 3.02. The Morgan fingerprint density at radius 2 is 2.35 bits per heavy atom. The molecule has 0 amide bonds. The molecule has 6 heteroatoms. The minimum Gasteiger partial charge on any atom is -0.466 e. The molecule has 1 aliphatic carbocycles. The maximum Gasteiger partial charge on any atom is 0.333 e. The quantitative estimate of drug-likeness (QED) is 0.257. The summed E-state index contributed by atoms with van der Waals surface area (Å²) >= 11 is 0. The zero-order valence-electron chi connectivity index (χ0n) is 10.3. The molecule has 17 heavy (non-hydrogen) atoms. The molecule has 2 rings (SSSR count). The molecule has 0 aromatic heterocycles. The molecule has 0 radical (unpaired) electrons. The standard InChI is InChI=1S/C11H18N4O2/c1-6(2)15-9-5-7(11(16)17-3)4-8(10(9)15)13-14-12/h5-6,8-10H,4H2,1-3H3,(H2,12,13)/t8-,9+,10+,15?/m1/s1. The van der Waals surface area contributed by atoms with Gasteiger partial charge in [-0.15, -0.1) is 0 Å². The molecule has 6 nitrogen and oxygen atoms in total. The number of carbonyl (C=O) groups excluding carboxylic acids is 1. The molecule has 1 saturated heterocycles. The zero-order valence-corrected chi connectivity index (χ0v) is 10.3. The van der Waals surface area contributed by atoms with Crippen LogP contribution in [0.5, 0.6) is 0 Å². The van der Waals surface area contributed by atoms with Crippen LogP contribution in [0.15, 0.2) is 22.0 Å². The third-order valence-corrected chi connectivity index (χ3v) is 3.40. The summed E-state index contributed by atoms with van der Waals surface area (Å²) in [6.07, 6.45) is 2.54. The van der Waals surface area contributed by atoms with Crippen molar-refractivity contribution in [2.45, 2.75) is 44.4 Å². The number of nitrogens with two attached hydrogens (primary N) is 1. The van der Waals surface area contributed by atoms with Gasteiger partial charge < -0.3 is 10.6 Å². The summed E-state index contributed by atoms with van der Waals surface area (Å²) in [7, 11) is 1.39. The summed E-state index contributed by atoms with van der Waals surface area (Å²) in [4.78, 5) is 13.8. The van der Waals surface area contributed by atoms with Gasteiger partial charge in [-0.25, -0.2) is 4.79 Å². The largest absolute Gasteiger partial charge is 0.466 e. The van der Waals surface area contributed by atoms with Crippen LogP contribution >= 0.6 is 0 Å². The third kappa shape index (κ3) is 2.04. The minimum absolute atomic E-state index is 0.0356. The van der Waals surface area contributed by atoms with Crippen LogP contribution in [0.4, 0.5) is 0 Å². The summed E-state index contributed by atoms with van der Waals surface area (Å²) in [6.45, 7) is 4.25. The van der Waals surface area contributed by atoms with E-state index in [0.717, 1.165) is 0 Å². The Morgan fingerprint density at radius 1 is 1.65 bits per heavy atom. The SMILES string of the molecule is COC(=O)C1=C[C@H]2[C@H]([C@H](N=NN)C1)N2C(C)C. The highest BCUT2D eigenvalue weighted by Crippen LogP contribution is 2.42. The predicted octanol–water partition coefficient (Wildman–Crippen LogP) is 0.645. The molecule has 4 atom stereocenters. The highest BCUT2D eigenvalue weighted by Gasteiger charge is 2.55. The van der Waals surface area contributed by atoms with E-state index < -0.39 is 0 Å². The number of fused-ring (bicyclic) bond motifs is 1. The molecule has 0 bridgehead atoms. The molecule has 1 unspecified atom stereocenters. The van der Waals surface area contributed by atoms with E-state index in [9.17, 15) is 4.79 Å². The van der Waals surface area contributed by atoms with Gasteiger partial charge in [0.05, 0.1) is 19.2 Å². The zero-order chi connectivity index (χ0) is 12.6. The number of hydrogen-bond acceptors (Lipinski definition) is 5. The van der Waals surface area contributed by atoms with Crippen molar-refractivity contribution in [2.24, 2.45) is 16.2 Å². The van der Waals surface area contributed by atoms with Crippen molar-refractivity contribution in [2.75, 3.05) is 7.11 Å². The Bertz CT molecular complexity index is 378. The van der Waals surface area contributed by atoms with Crippen molar-refractivity contribution < 1.29 is 9.53 Å². The van der Waals surface area contributed by atoms with Crippen LogP contribution in [0.25, 0.3) is 0 Å². The predicted molar refractivity (Wildman–Crippen MR) is 62.1 cm³/mol. The van der Waals surface area contributed by atoms with Gasteiger partial charge in [-0.3, -0.25) is 4.90 Å². The fourth-order valence-corrected chi connectivity index (χ4v) is 2.68. The number of ether oxygens (including phenoxy) is 1. The van der Waals surface area contributed by atoms with Gasteiger partial charge in [0.15, 0.2) is 0 Å². The fraction of sp³-hybridized carbons (Fsp3) is 0.727. The van der Waals surface area contributed by atoms with Crippen molar-refractivity contribution >= 4 is 5.97 Å². The van der Waals surface area contributed by atoms with E-state index in [2.05, 4.69) is 29.1 Å². The molecule has 1 heterocycles. The fourth-order valence-electron chi connectivity index (χ4n) is 2.68. The number of esters is 1. The number of nitrogens with zero attached hydrogens (tertiary/aromatic N) is 3. The molecular weight excluding hydrogens is 220 g/mol. The summed E-state index contributed by atoms with van der Waals surface area (Å²) < 4.78 is 4.75. The molecule has 1 aliphatic heterocycles. The van der Waals surface area contributed by atoms with Crippen LogP contribution in [0, 0.1) is 0 Å². The van der Waals surface area contributed by atoms with Gasteiger partial charge >= 0.3 is 5.97 Å². The van der Waals surface area contributed by atoms with Crippen molar-refractivity contribution in [3.8, 4) is 0 Å². The lowest BCUT2D eigenvalue weighted by atomic mass is 9.95. The second kappa shape index (κ2) is 4.44. The summed E-state index contributed by atoms with van der Waals surface area (Å²) in [6, 6.07) is 0.990. The lowest BCUT2D eigenvalue weighted by Gasteiger charge is -2.15. The van der Waals surface area contributed by atoms with Crippen LogP contribution in [-0.4, -0.2) is 42.1 Å². The second-order valence-electron chi connectivity index (χ2n) is 4.71. The van der Waals surface area contributed by atoms with E-state index in [1.165, 1.54) is 7.11 Å². The monoisotopic (exact) mass is 238 g/mol. The Kier molecular flexibility index (Phi) is 3.15. The Hall–Kier alpha value is -1.43. The van der Waals surface area contributed by atoms with Crippen molar-refractivity contribution in [1.82, 2.24) is 4.90 Å². The maximum absolute atomic E-state index is 11.5. The topological polar surface area (TPSA) is 80.0 Å². The molecule has 2 N–H and O–H groups in total. The molecular formula is C11H18N4O2. The third-order valence-electron chi connectivity index (χ3n) is 3.40. The Balaban J connectivity index is 2.20. The molecule has 0 aromatic rings. The average molecular weight is 238 g/mol. The minimum atomic E-state index is -0.281. The molecule has 0 aromatic carbocycles. The Morgan fingerprint density at radius 3 is 2.88 bits per heavy atom. The van der Waals surface area contributed by atoms with Crippen molar-refractivity contribution in [1.29, 1.82) is 0 Å². The highest BCUT2D eigenvalue weighted by atomic mass is 16.5. The second-order valence-corrected chi connectivity index (χ2v) is 4.71. The van der Waals surface area contributed by atoms with E-state index in [0.29, 0.717) is 24.1 Å². The van der Waals surface area contributed by atoms with Crippen LogP contribution in [0.1, 0.15) is 20.3 Å². The van der Waals surface area contributed by atoms with Crippen LogP contribution in [0.2, 0.25) is 0 Å². The van der Waals surface area contributed by atoms with Crippen molar-refractivity contribution in [3.63, 3.8) is 0 Å². The first-order valence-corrected chi connectivity index (χ1v) is 5.76. The number of hydrogen-bond donors (Lipinski definition) is 1. The van der Waals surface area contributed by atoms with Crippen LogP contribution < -0.4 is 5.84 Å². The van der Waals surface area contributed by atoms with Crippen LogP contribution in [0.3, 0.4) is 0 Å². The molecule has 2 aliphatic rings. The van der Waals surface area contributed by atoms with Crippen LogP contribution in [-0.2, 0) is 9.53 Å². The first-order chi connectivity index (χ1) is 8.10. The molecule has 94 valence electrons. The number of rotatable bonds is 3. The smallest absolute Gasteiger partial charge is 0.333 e. The van der Waals surface area contributed by atoms with E-state index >= 15 is 0 Å². The van der Waals surface area contributed by atoms with E-state index in [-0.39, 0.29) is 18.1 Å². The first kappa shape index (κ1) is 12.0. The lowest BCUT2D eigenvalue weighted by molar-refractivity contribution is -0.136. The summed E-state index contributed by atoms with van der Waals surface area (Å²) in [5.74, 6) is 4.84. The van der Waals surface area contributed by atoms with Gasteiger partial charge in [0.1, 0.15) is 0 Å². The number of methoxy groups -OCH3 is 1. The van der Waals surface area contributed by atoms with E-state index in [4.69, 9.17) is 10.6 Å².